The molecule has 0 saturated heterocycles. The van der Waals surface area contributed by atoms with Gasteiger partial charge in [-0.1, -0.05) is 11.6 Å². The van der Waals surface area contributed by atoms with Crippen LogP contribution in [-0.4, -0.2) is 38.3 Å². The fraction of sp³-hybridized carbons (Fsp3) is 0.400. The van der Waals surface area contributed by atoms with Crippen molar-refractivity contribution in [2.75, 3.05) is 18.1 Å². The molecule has 0 bridgehead atoms. The average Bonchev–Trinajstić information content (AvgIpc) is 2.26. The number of nitrogens with zero attached hydrogens (tertiary/aromatic N) is 1. The smallest absolute Gasteiger partial charge is 0.337 e. The van der Waals surface area contributed by atoms with Crippen molar-refractivity contribution in [2.45, 2.75) is 12.2 Å². The number of aromatic carboxylic acids is 1. The number of aromatic nitrogens is 1. The first-order valence-electron chi connectivity index (χ1n) is 4.86. The third-order valence-corrected chi connectivity index (χ3v) is 3.82. The number of carboxylic acids is 1. The molecule has 1 rings (SSSR count). The number of pyridine rings is 1. The van der Waals surface area contributed by atoms with Gasteiger partial charge in [-0.3, -0.25) is 4.21 Å². The van der Waals surface area contributed by atoms with E-state index in [1.54, 1.807) is 6.26 Å². The number of rotatable bonds is 5. The molecular weight excluding hydrogens is 264 g/mol. The van der Waals surface area contributed by atoms with Crippen LogP contribution in [0.3, 0.4) is 0 Å². The molecule has 7 heteroatoms. The van der Waals surface area contributed by atoms with Crippen molar-refractivity contribution < 1.29 is 14.1 Å². The first-order valence-corrected chi connectivity index (χ1v) is 6.86. The number of anilines is 1. The van der Waals surface area contributed by atoms with Crippen LogP contribution in [0.15, 0.2) is 12.3 Å². The first-order chi connectivity index (χ1) is 7.91. The topological polar surface area (TPSA) is 79.3 Å². The predicted octanol–water partition coefficient (Wildman–Crippen LogP) is 1.61. The maximum Gasteiger partial charge on any atom is 0.337 e. The number of halogens is 1. The molecule has 0 saturated carbocycles. The second kappa shape index (κ2) is 5.97. The van der Waals surface area contributed by atoms with E-state index in [1.807, 2.05) is 6.92 Å². The van der Waals surface area contributed by atoms with Crippen molar-refractivity contribution in [3.63, 3.8) is 0 Å². The summed E-state index contributed by atoms with van der Waals surface area (Å²) in [6, 6.07) is 1.36. The standard InChI is InChI=1S/C10H13ClN2O3S/c1-6(17(2)16)4-12-9-3-7(10(14)15)8(11)5-13-9/h3,5-6H,4H2,1-2H3,(H,12,13)(H,14,15). The van der Waals surface area contributed by atoms with Gasteiger partial charge < -0.3 is 10.4 Å². The SMILES string of the molecule is CC(CNc1cc(C(=O)O)c(Cl)cn1)S(C)=O. The molecule has 0 fully saturated rings. The third kappa shape index (κ3) is 3.98. The van der Waals surface area contributed by atoms with Crippen molar-refractivity contribution in [1.29, 1.82) is 0 Å². The van der Waals surface area contributed by atoms with Crippen LogP contribution in [0.5, 0.6) is 0 Å². The van der Waals surface area contributed by atoms with E-state index in [2.05, 4.69) is 10.3 Å². The van der Waals surface area contributed by atoms with Gasteiger partial charge in [-0.25, -0.2) is 9.78 Å². The minimum Gasteiger partial charge on any atom is -0.478 e. The summed E-state index contributed by atoms with van der Waals surface area (Å²) >= 11 is 5.68. The molecule has 0 aromatic carbocycles. The monoisotopic (exact) mass is 276 g/mol. The first kappa shape index (κ1) is 13.9. The maximum absolute atomic E-state index is 11.1. The summed E-state index contributed by atoms with van der Waals surface area (Å²) in [6.07, 6.45) is 2.89. The second-order valence-corrected chi connectivity index (χ2v) is 5.75. The summed E-state index contributed by atoms with van der Waals surface area (Å²) in [5.74, 6) is -0.698. The van der Waals surface area contributed by atoms with Crippen molar-refractivity contribution >= 4 is 34.2 Å². The lowest BCUT2D eigenvalue weighted by Gasteiger charge is -2.11. The van der Waals surface area contributed by atoms with Gasteiger partial charge in [0.05, 0.1) is 10.6 Å². The highest BCUT2D eigenvalue weighted by Crippen LogP contribution is 2.17. The molecule has 17 heavy (non-hydrogen) atoms. The number of hydrogen-bond donors (Lipinski definition) is 2. The average molecular weight is 277 g/mol. The van der Waals surface area contributed by atoms with Gasteiger partial charge in [0, 0.05) is 35.0 Å². The molecule has 94 valence electrons. The van der Waals surface area contributed by atoms with Gasteiger partial charge in [-0.15, -0.1) is 0 Å². The Labute approximate surface area is 107 Å². The van der Waals surface area contributed by atoms with Crippen LogP contribution in [0.1, 0.15) is 17.3 Å². The van der Waals surface area contributed by atoms with Crippen molar-refractivity contribution in [3.05, 3.63) is 22.8 Å². The highest BCUT2D eigenvalue weighted by Gasteiger charge is 2.11. The van der Waals surface area contributed by atoms with Gasteiger partial charge in [-0.05, 0) is 13.0 Å². The fourth-order valence-electron chi connectivity index (χ4n) is 1.06. The van der Waals surface area contributed by atoms with Crippen molar-refractivity contribution in [2.24, 2.45) is 0 Å². The van der Waals surface area contributed by atoms with Crippen LogP contribution in [0.25, 0.3) is 0 Å². The number of carboxylic acid groups (broad SMARTS) is 1. The third-order valence-electron chi connectivity index (χ3n) is 2.22. The molecule has 0 aliphatic heterocycles. The summed E-state index contributed by atoms with van der Waals surface area (Å²) in [7, 11) is -0.935. The van der Waals surface area contributed by atoms with E-state index < -0.39 is 16.8 Å². The Balaban J connectivity index is 2.76. The molecule has 0 aliphatic rings. The van der Waals surface area contributed by atoms with Crippen LogP contribution < -0.4 is 5.32 Å². The van der Waals surface area contributed by atoms with E-state index in [9.17, 15) is 9.00 Å². The van der Waals surface area contributed by atoms with Crippen molar-refractivity contribution in [1.82, 2.24) is 4.98 Å². The number of nitrogens with one attached hydrogen (secondary N) is 1. The molecule has 2 N–H and O–H groups in total. The van der Waals surface area contributed by atoms with E-state index in [1.165, 1.54) is 12.3 Å². The Kier molecular flexibility index (Phi) is 4.89. The summed E-state index contributed by atoms with van der Waals surface area (Å²) in [5.41, 5.74) is -0.00515. The molecule has 5 nitrogen and oxygen atoms in total. The zero-order chi connectivity index (χ0) is 13.0. The van der Waals surface area contributed by atoms with Gasteiger partial charge in [0.15, 0.2) is 0 Å². The minimum absolute atomic E-state index is 0.00515. The quantitative estimate of drug-likeness (QED) is 0.854. The molecule has 0 amide bonds. The van der Waals surface area contributed by atoms with Crippen LogP contribution in [-0.2, 0) is 10.8 Å². The van der Waals surface area contributed by atoms with Crippen molar-refractivity contribution in [3.8, 4) is 0 Å². The molecule has 0 radical (unpaired) electrons. The molecular formula is C10H13ClN2O3S. The Bertz CT molecular complexity index is 453. The lowest BCUT2D eigenvalue weighted by Crippen LogP contribution is -2.21. The van der Waals surface area contributed by atoms with Gasteiger partial charge in [0.1, 0.15) is 5.82 Å². The summed E-state index contributed by atoms with van der Waals surface area (Å²) in [5, 5.41) is 11.8. The van der Waals surface area contributed by atoms with Crippen LogP contribution in [0.2, 0.25) is 5.02 Å². The van der Waals surface area contributed by atoms with Gasteiger partial charge in [-0.2, -0.15) is 0 Å². The molecule has 1 heterocycles. The fourth-order valence-corrected chi connectivity index (χ4v) is 1.57. The van der Waals surface area contributed by atoms with Gasteiger partial charge in [0.2, 0.25) is 0 Å². The lowest BCUT2D eigenvalue weighted by atomic mass is 10.2. The van der Waals surface area contributed by atoms with E-state index in [-0.39, 0.29) is 15.8 Å². The van der Waals surface area contributed by atoms with E-state index in [4.69, 9.17) is 16.7 Å². The largest absolute Gasteiger partial charge is 0.478 e. The summed E-state index contributed by atoms with van der Waals surface area (Å²) in [4.78, 5) is 14.8. The maximum atomic E-state index is 11.1. The highest BCUT2D eigenvalue weighted by atomic mass is 35.5. The van der Waals surface area contributed by atoms with Crippen LogP contribution in [0.4, 0.5) is 5.82 Å². The number of hydrogen-bond acceptors (Lipinski definition) is 4. The molecule has 1 aromatic rings. The Morgan fingerprint density at radius 3 is 2.88 bits per heavy atom. The normalized spacial score (nSPS) is 14.1. The molecule has 1 aromatic heterocycles. The van der Waals surface area contributed by atoms with Crippen LogP contribution >= 0.6 is 11.6 Å². The second-order valence-electron chi connectivity index (χ2n) is 3.54. The van der Waals surface area contributed by atoms with Gasteiger partial charge in [0.25, 0.3) is 0 Å². The highest BCUT2D eigenvalue weighted by molar-refractivity contribution is 7.84. The Morgan fingerprint density at radius 2 is 2.35 bits per heavy atom. The zero-order valence-electron chi connectivity index (χ0n) is 9.44. The molecule has 2 unspecified atom stereocenters. The summed E-state index contributed by atoms with van der Waals surface area (Å²) in [6.45, 7) is 2.29. The van der Waals surface area contributed by atoms with E-state index >= 15 is 0 Å². The van der Waals surface area contributed by atoms with Crippen LogP contribution in [0, 0.1) is 0 Å². The van der Waals surface area contributed by atoms with Gasteiger partial charge >= 0.3 is 5.97 Å². The Hall–Kier alpha value is -1.14. The zero-order valence-corrected chi connectivity index (χ0v) is 11.0. The predicted molar refractivity (Wildman–Crippen MR) is 68.2 cm³/mol. The minimum atomic E-state index is -1.10. The van der Waals surface area contributed by atoms with E-state index in [0.717, 1.165) is 0 Å². The lowest BCUT2D eigenvalue weighted by molar-refractivity contribution is 0.0697. The molecule has 2 atom stereocenters. The molecule has 0 spiro atoms. The Morgan fingerprint density at radius 1 is 1.71 bits per heavy atom. The molecule has 0 aliphatic carbocycles. The summed E-state index contributed by atoms with van der Waals surface area (Å²) < 4.78 is 11.1. The van der Waals surface area contributed by atoms with E-state index in [0.29, 0.717) is 12.4 Å². The number of carbonyl (C=O) groups is 1.